The Bertz CT molecular complexity index is 299. The van der Waals surface area contributed by atoms with E-state index in [-0.39, 0.29) is 17.4 Å². The summed E-state index contributed by atoms with van der Waals surface area (Å²) in [5, 5.41) is 8.97. The van der Waals surface area contributed by atoms with Crippen LogP contribution in [0.1, 0.15) is 45.4 Å². The minimum Gasteiger partial charge on any atom is -0.326 e. The quantitative estimate of drug-likeness (QED) is 0.659. The Kier molecular flexibility index (Phi) is 2.68. The number of nitrogens with zero attached hydrogens (tertiary/aromatic N) is 2. The summed E-state index contributed by atoms with van der Waals surface area (Å²) < 4.78 is 0. The van der Waals surface area contributed by atoms with Crippen LogP contribution in [0.3, 0.4) is 0 Å². The molecule has 82 valence electrons. The third-order valence-electron chi connectivity index (χ3n) is 3.89. The highest BCUT2D eigenvalue weighted by molar-refractivity contribution is 5.83. The summed E-state index contributed by atoms with van der Waals surface area (Å²) in [7, 11) is 0. The molecule has 0 spiro atoms. The van der Waals surface area contributed by atoms with Gasteiger partial charge < -0.3 is 4.90 Å². The van der Waals surface area contributed by atoms with Gasteiger partial charge in [0.1, 0.15) is 6.04 Å². The lowest BCUT2D eigenvalue weighted by Crippen LogP contribution is -2.43. The van der Waals surface area contributed by atoms with Gasteiger partial charge in [0, 0.05) is 12.0 Å². The summed E-state index contributed by atoms with van der Waals surface area (Å²) >= 11 is 0. The first-order valence-electron chi connectivity index (χ1n) is 5.88. The van der Waals surface area contributed by atoms with Crippen LogP contribution in [0.25, 0.3) is 0 Å². The van der Waals surface area contributed by atoms with Gasteiger partial charge in [0.2, 0.25) is 5.91 Å². The van der Waals surface area contributed by atoms with Gasteiger partial charge in [-0.25, -0.2) is 0 Å². The summed E-state index contributed by atoms with van der Waals surface area (Å²) in [6.45, 7) is 2.85. The molecule has 1 aliphatic heterocycles. The summed E-state index contributed by atoms with van der Waals surface area (Å²) in [6.07, 6.45) is 6.17. The molecule has 0 N–H and O–H groups in total. The van der Waals surface area contributed by atoms with Crippen molar-refractivity contribution in [2.24, 2.45) is 5.41 Å². The summed E-state index contributed by atoms with van der Waals surface area (Å²) in [6, 6.07) is 2.08. The van der Waals surface area contributed by atoms with Crippen LogP contribution in [0.2, 0.25) is 0 Å². The van der Waals surface area contributed by atoms with Crippen LogP contribution in [-0.4, -0.2) is 23.4 Å². The Hall–Kier alpha value is -1.04. The topological polar surface area (TPSA) is 44.1 Å². The summed E-state index contributed by atoms with van der Waals surface area (Å²) in [4.78, 5) is 14.1. The van der Waals surface area contributed by atoms with Gasteiger partial charge in [-0.15, -0.1) is 0 Å². The minimum atomic E-state index is -0.167. The van der Waals surface area contributed by atoms with E-state index >= 15 is 0 Å². The average molecular weight is 206 g/mol. The third-order valence-corrected chi connectivity index (χ3v) is 3.89. The molecule has 1 aliphatic carbocycles. The van der Waals surface area contributed by atoms with Crippen LogP contribution in [0, 0.1) is 16.7 Å². The number of nitriles is 1. The van der Waals surface area contributed by atoms with Crippen LogP contribution >= 0.6 is 0 Å². The van der Waals surface area contributed by atoms with Crippen molar-refractivity contribution in [2.45, 2.75) is 51.5 Å². The smallest absolute Gasteiger partial charge is 0.229 e. The second-order valence-corrected chi connectivity index (χ2v) is 5.05. The zero-order valence-electron chi connectivity index (χ0n) is 9.33. The highest BCUT2D eigenvalue weighted by Crippen LogP contribution is 2.40. The molecule has 3 nitrogen and oxygen atoms in total. The number of hydrogen-bond donors (Lipinski definition) is 0. The first-order chi connectivity index (χ1) is 7.17. The molecule has 1 saturated heterocycles. The van der Waals surface area contributed by atoms with Gasteiger partial charge >= 0.3 is 0 Å². The molecule has 15 heavy (non-hydrogen) atoms. The van der Waals surface area contributed by atoms with E-state index in [1.165, 1.54) is 0 Å². The maximum absolute atomic E-state index is 12.3. The standard InChI is InChI=1S/C12H18N2O/c1-12(6-2-3-7-12)11(15)14-8-4-5-10(14)9-13/h10H,2-8H2,1H3. The number of likely N-dealkylation sites (tertiary alicyclic amines) is 1. The molecule has 2 rings (SSSR count). The fourth-order valence-corrected chi connectivity index (χ4v) is 2.86. The Morgan fingerprint density at radius 3 is 2.67 bits per heavy atom. The average Bonchev–Trinajstić information content (AvgIpc) is 2.85. The van der Waals surface area contributed by atoms with Crippen LogP contribution in [0.15, 0.2) is 0 Å². The molecule has 0 radical (unpaired) electrons. The fraction of sp³-hybridized carbons (Fsp3) is 0.833. The van der Waals surface area contributed by atoms with Crippen molar-refractivity contribution in [3.8, 4) is 6.07 Å². The Balaban J connectivity index is 2.10. The molecule has 0 aromatic heterocycles. The molecule has 1 heterocycles. The lowest BCUT2D eigenvalue weighted by molar-refractivity contribution is -0.140. The van der Waals surface area contributed by atoms with E-state index in [4.69, 9.17) is 5.26 Å². The molecule has 1 amide bonds. The van der Waals surface area contributed by atoms with Gasteiger partial charge in [-0.05, 0) is 25.7 Å². The largest absolute Gasteiger partial charge is 0.326 e. The fourth-order valence-electron chi connectivity index (χ4n) is 2.86. The second kappa shape index (κ2) is 3.84. The SMILES string of the molecule is CC1(C(=O)N2CCCC2C#N)CCCC1. The molecular formula is C12H18N2O. The number of amides is 1. The van der Waals surface area contributed by atoms with Crippen molar-refractivity contribution in [2.75, 3.05) is 6.54 Å². The monoisotopic (exact) mass is 206 g/mol. The molecule has 2 fully saturated rings. The van der Waals surface area contributed by atoms with Crippen LogP contribution in [-0.2, 0) is 4.79 Å². The van der Waals surface area contributed by atoms with Crippen molar-refractivity contribution < 1.29 is 4.79 Å². The zero-order chi connectivity index (χ0) is 10.9. The van der Waals surface area contributed by atoms with Crippen molar-refractivity contribution in [3.05, 3.63) is 0 Å². The third kappa shape index (κ3) is 1.73. The van der Waals surface area contributed by atoms with Crippen molar-refractivity contribution in [3.63, 3.8) is 0 Å². The van der Waals surface area contributed by atoms with Gasteiger partial charge in [0.15, 0.2) is 0 Å². The predicted octanol–water partition coefficient (Wildman–Crippen LogP) is 2.08. The second-order valence-electron chi connectivity index (χ2n) is 5.05. The van der Waals surface area contributed by atoms with Gasteiger partial charge in [0.05, 0.1) is 6.07 Å². The number of carbonyl (C=O) groups excluding carboxylic acids is 1. The van der Waals surface area contributed by atoms with E-state index in [0.717, 1.165) is 45.1 Å². The molecule has 3 heteroatoms. The Morgan fingerprint density at radius 2 is 2.07 bits per heavy atom. The molecule has 0 bridgehead atoms. The lowest BCUT2D eigenvalue weighted by atomic mass is 9.87. The van der Waals surface area contributed by atoms with E-state index in [1.54, 1.807) is 0 Å². The van der Waals surface area contributed by atoms with E-state index in [9.17, 15) is 4.79 Å². The lowest BCUT2D eigenvalue weighted by Gasteiger charge is -2.30. The van der Waals surface area contributed by atoms with Gasteiger partial charge in [0.25, 0.3) is 0 Å². The highest BCUT2D eigenvalue weighted by Gasteiger charge is 2.42. The number of carbonyl (C=O) groups is 1. The van der Waals surface area contributed by atoms with Crippen LogP contribution in [0.5, 0.6) is 0 Å². The summed E-state index contributed by atoms with van der Waals surface area (Å²) in [5.41, 5.74) is -0.167. The molecular weight excluding hydrogens is 188 g/mol. The first kappa shape index (κ1) is 10.5. The van der Waals surface area contributed by atoms with Crippen LogP contribution < -0.4 is 0 Å². The minimum absolute atomic E-state index is 0.157. The van der Waals surface area contributed by atoms with Gasteiger partial charge in [-0.1, -0.05) is 19.8 Å². The van der Waals surface area contributed by atoms with Gasteiger partial charge in [-0.3, -0.25) is 4.79 Å². The predicted molar refractivity (Wildman–Crippen MR) is 56.9 cm³/mol. The molecule has 0 aromatic carbocycles. The number of rotatable bonds is 1. The normalized spacial score (nSPS) is 29.1. The molecule has 1 atom stereocenters. The molecule has 1 unspecified atom stereocenters. The maximum Gasteiger partial charge on any atom is 0.229 e. The van der Waals surface area contributed by atoms with E-state index in [0.29, 0.717) is 0 Å². The maximum atomic E-state index is 12.3. The zero-order valence-corrected chi connectivity index (χ0v) is 9.33. The van der Waals surface area contributed by atoms with Crippen molar-refractivity contribution in [1.29, 1.82) is 5.26 Å². The highest BCUT2D eigenvalue weighted by atomic mass is 16.2. The van der Waals surface area contributed by atoms with Crippen LogP contribution in [0.4, 0.5) is 0 Å². The number of hydrogen-bond acceptors (Lipinski definition) is 2. The summed E-state index contributed by atoms with van der Waals surface area (Å²) in [5.74, 6) is 0.226. The van der Waals surface area contributed by atoms with E-state index in [2.05, 4.69) is 13.0 Å². The first-order valence-corrected chi connectivity index (χ1v) is 5.88. The molecule has 2 aliphatic rings. The molecule has 1 saturated carbocycles. The Labute approximate surface area is 91.1 Å². The van der Waals surface area contributed by atoms with Crippen molar-refractivity contribution >= 4 is 5.91 Å². The Morgan fingerprint density at radius 1 is 1.40 bits per heavy atom. The van der Waals surface area contributed by atoms with E-state index in [1.807, 2.05) is 4.90 Å². The molecule has 0 aromatic rings. The van der Waals surface area contributed by atoms with Crippen molar-refractivity contribution in [1.82, 2.24) is 4.90 Å². The van der Waals surface area contributed by atoms with E-state index < -0.39 is 0 Å². The van der Waals surface area contributed by atoms with Gasteiger partial charge in [-0.2, -0.15) is 5.26 Å².